The predicted octanol–water partition coefficient (Wildman–Crippen LogP) is 4.60. The fraction of sp³-hybridized carbons (Fsp3) is 0.185. The van der Waals surface area contributed by atoms with Crippen molar-refractivity contribution in [3.8, 4) is 11.4 Å². The largest absolute Gasteiger partial charge is 0.450 e. The molecule has 2 aromatic heterocycles. The van der Waals surface area contributed by atoms with Crippen LogP contribution in [0.15, 0.2) is 83.3 Å². The number of halogens is 1. The Hall–Kier alpha value is -3.41. The van der Waals surface area contributed by atoms with Crippen LogP contribution in [0.3, 0.4) is 0 Å². The van der Waals surface area contributed by atoms with Crippen molar-refractivity contribution in [2.75, 3.05) is 31.1 Å². The van der Waals surface area contributed by atoms with Gasteiger partial charge in [0, 0.05) is 21.5 Å². The quantitative estimate of drug-likeness (QED) is 0.430. The van der Waals surface area contributed by atoms with Crippen LogP contribution in [-0.2, 0) is 6.54 Å². The summed E-state index contributed by atoms with van der Waals surface area (Å²) in [7, 11) is 0. The van der Waals surface area contributed by atoms with E-state index in [1.54, 1.807) is 4.90 Å². The number of nitrogens with one attached hydrogen (secondary N) is 1. The fourth-order valence-corrected chi connectivity index (χ4v) is 4.74. The van der Waals surface area contributed by atoms with Gasteiger partial charge >= 0.3 is 0 Å². The van der Waals surface area contributed by atoms with Gasteiger partial charge in [-0.25, -0.2) is 9.97 Å². The van der Waals surface area contributed by atoms with Crippen LogP contribution in [0.1, 0.15) is 5.56 Å². The molecule has 1 aliphatic heterocycles. The smallest absolute Gasteiger partial charge is 0.196 e. The SMILES string of the molecule is Clc1ccc(C[NH+]2CCN(c3nc(-c4ccccc4)nc4c3oc3ccccc34)CC2)cc1. The van der Waals surface area contributed by atoms with Crippen LogP contribution >= 0.6 is 11.6 Å². The molecule has 1 fully saturated rings. The highest BCUT2D eigenvalue weighted by atomic mass is 35.5. The van der Waals surface area contributed by atoms with Crippen molar-refractivity contribution in [3.05, 3.63) is 89.4 Å². The first-order chi connectivity index (χ1) is 16.2. The van der Waals surface area contributed by atoms with Crippen molar-refractivity contribution >= 4 is 39.5 Å². The summed E-state index contributed by atoms with van der Waals surface area (Å²) >= 11 is 6.04. The zero-order chi connectivity index (χ0) is 22.2. The van der Waals surface area contributed by atoms with Gasteiger partial charge < -0.3 is 14.2 Å². The van der Waals surface area contributed by atoms with E-state index in [1.165, 1.54) is 5.56 Å². The molecule has 1 aliphatic rings. The van der Waals surface area contributed by atoms with Crippen molar-refractivity contribution in [1.29, 1.82) is 0 Å². The van der Waals surface area contributed by atoms with Gasteiger partial charge in [0.15, 0.2) is 17.2 Å². The Bertz CT molecular complexity index is 1410. The highest BCUT2D eigenvalue weighted by molar-refractivity contribution is 6.30. The van der Waals surface area contributed by atoms with Crippen LogP contribution in [-0.4, -0.2) is 36.1 Å². The molecule has 6 heteroatoms. The maximum Gasteiger partial charge on any atom is 0.196 e. The minimum atomic E-state index is 0.737. The third kappa shape index (κ3) is 3.94. The number of rotatable bonds is 4. The molecule has 3 heterocycles. The normalized spacial score (nSPS) is 14.9. The van der Waals surface area contributed by atoms with Crippen LogP contribution in [0.4, 0.5) is 5.82 Å². The monoisotopic (exact) mass is 455 g/mol. The van der Waals surface area contributed by atoms with Gasteiger partial charge in [-0.3, -0.25) is 0 Å². The molecule has 0 unspecified atom stereocenters. The molecular weight excluding hydrogens is 432 g/mol. The Balaban J connectivity index is 1.34. The number of aromatic nitrogens is 2. The second-order valence-electron chi connectivity index (χ2n) is 8.55. The highest BCUT2D eigenvalue weighted by Gasteiger charge is 2.26. The molecule has 0 saturated carbocycles. The number of hydrogen-bond acceptors (Lipinski definition) is 4. The summed E-state index contributed by atoms with van der Waals surface area (Å²) in [5.74, 6) is 1.63. The average molecular weight is 456 g/mol. The molecule has 1 saturated heterocycles. The molecule has 0 spiro atoms. The van der Waals surface area contributed by atoms with Crippen molar-refractivity contribution < 1.29 is 9.32 Å². The van der Waals surface area contributed by atoms with Crippen LogP contribution in [0.2, 0.25) is 5.02 Å². The lowest BCUT2D eigenvalue weighted by atomic mass is 10.2. The Morgan fingerprint density at radius 3 is 2.36 bits per heavy atom. The zero-order valence-electron chi connectivity index (χ0n) is 18.2. The van der Waals surface area contributed by atoms with Crippen LogP contribution in [0, 0.1) is 0 Å². The lowest BCUT2D eigenvalue weighted by Crippen LogP contribution is -3.13. The summed E-state index contributed by atoms with van der Waals surface area (Å²) in [6.07, 6.45) is 0. The lowest BCUT2D eigenvalue weighted by molar-refractivity contribution is -0.914. The van der Waals surface area contributed by atoms with Gasteiger partial charge in [0.25, 0.3) is 0 Å². The van der Waals surface area contributed by atoms with Gasteiger partial charge in [0.1, 0.15) is 17.6 Å². The Labute approximate surface area is 197 Å². The van der Waals surface area contributed by atoms with Gasteiger partial charge in [0.05, 0.1) is 26.2 Å². The van der Waals surface area contributed by atoms with E-state index in [0.717, 1.165) is 77.0 Å². The number of piperazine rings is 1. The summed E-state index contributed by atoms with van der Waals surface area (Å²) in [6, 6.07) is 26.4. The molecule has 33 heavy (non-hydrogen) atoms. The van der Waals surface area contributed by atoms with Crippen LogP contribution < -0.4 is 9.80 Å². The molecule has 5 aromatic rings. The maximum absolute atomic E-state index is 6.28. The maximum atomic E-state index is 6.28. The van der Waals surface area contributed by atoms with E-state index < -0.39 is 0 Å². The molecule has 0 amide bonds. The number of furan rings is 1. The molecule has 0 aliphatic carbocycles. The standard InChI is InChI=1S/C27H23ClN4O/c28-21-12-10-19(11-13-21)18-31-14-16-32(17-15-31)27-25-24(22-8-4-5-9-23(22)33-25)29-26(30-27)20-6-2-1-3-7-20/h1-13H,14-18H2/p+1. The minimum absolute atomic E-state index is 0.737. The Kier molecular flexibility index (Phi) is 5.21. The summed E-state index contributed by atoms with van der Waals surface area (Å²) in [5, 5.41) is 1.81. The first-order valence-corrected chi connectivity index (χ1v) is 11.7. The number of fused-ring (bicyclic) bond motifs is 3. The summed E-state index contributed by atoms with van der Waals surface area (Å²) in [6.45, 7) is 4.91. The molecule has 6 rings (SSSR count). The molecular formula is C27H24ClN4O+. The summed E-state index contributed by atoms with van der Waals surface area (Å²) < 4.78 is 6.28. The third-order valence-corrected chi connectivity index (χ3v) is 6.62. The van der Waals surface area contributed by atoms with E-state index in [1.807, 2.05) is 48.5 Å². The van der Waals surface area contributed by atoms with E-state index >= 15 is 0 Å². The first kappa shape index (κ1) is 20.2. The number of para-hydroxylation sites is 1. The van der Waals surface area contributed by atoms with Gasteiger partial charge in [-0.1, -0.05) is 66.2 Å². The molecule has 5 nitrogen and oxygen atoms in total. The zero-order valence-corrected chi connectivity index (χ0v) is 18.9. The molecule has 3 aromatic carbocycles. The Morgan fingerprint density at radius 2 is 1.58 bits per heavy atom. The van der Waals surface area contributed by atoms with E-state index in [0.29, 0.717) is 0 Å². The second kappa shape index (κ2) is 8.50. The molecule has 164 valence electrons. The summed E-state index contributed by atoms with van der Waals surface area (Å²) in [4.78, 5) is 13.8. The topological polar surface area (TPSA) is 46.6 Å². The number of hydrogen-bond donors (Lipinski definition) is 1. The van der Waals surface area contributed by atoms with Crippen LogP contribution in [0.25, 0.3) is 33.5 Å². The van der Waals surface area contributed by atoms with Gasteiger partial charge in [-0.2, -0.15) is 0 Å². The van der Waals surface area contributed by atoms with Crippen molar-refractivity contribution in [3.63, 3.8) is 0 Å². The second-order valence-corrected chi connectivity index (χ2v) is 8.99. The predicted molar refractivity (Wildman–Crippen MR) is 133 cm³/mol. The van der Waals surface area contributed by atoms with Crippen molar-refractivity contribution in [1.82, 2.24) is 9.97 Å². The van der Waals surface area contributed by atoms with Gasteiger partial charge in [-0.05, 0) is 24.3 Å². The van der Waals surface area contributed by atoms with E-state index in [2.05, 4.69) is 35.2 Å². The number of anilines is 1. The third-order valence-electron chi connectivity index (χ3n) is 6.37. The Morgan fingerprint density at radius 1 is 0.848 bits per heavy atom. The first-order valence-electron chi connectivity index (χ1n) is 11.3. The number of benzene rings is 3. The average Bonchev–Trinajstić information content (AvgIpc) is 3.25. The minimum Gasteiger partial charge on any atom is -0.450 e. The summed E-state index contributed by atoms with van der Waals surface area (Å²) in [5.41, 5.74) is 4.83. The van der Waals surface area contributed by atoms with Crippen molar-refractivity contribution in [2.45, 2.75) is 6.54 Å². The fourth-order valence-electron chi connectivity index (χ4n) is 4.61. The van der Waals surface area contributed by atoms with Gasteiger partial charge in [-0.15, -0.1) is 0 Å². The van der Waals surface area contributed by atoms with Crippen molar-refractivity contribution in [2.24, 2.45) is 0 Å². The molecule has 0 atom stereocenters. The lowest BCUT2D eigenvalue weighted by Gasteiger charge is -2.33. The van der Waals surface area contributed by atoms with E-state index in [9.17, 15) is 0 Å². The number of quaternary nitrogens is 1. The highest BCUT2D eigenvalue weighted by Crippen LogP contribution is 2.34. The van der Waals surface area contributed by atoms with Gasteiger partial charge in [0.2, 0.25) is 0 Å². The molecule has 0 radical (unpaired) electrons. The molecule has 0 bridgehead atoms. The molecule has 1 N–H and O–H groups in total. The van der Waals surface area contributed by atoms with E-state index in [-0.39, 0.29) is 0 Å². The number of nitrogens with zero attached hydrogens (tertiary/aromatic N) is 3. The van der Waals surface area contributed by atoms with E-state index in [4.69, 9.17) is 26.0 Å². The van der Waals surface area contributed by atoms with Crippen LogP contribution in [0.5, 0.6) is 0 Å².